The molecule has 168 valence electrons. The number of aromatic hydroxyl groups is 1. The van der Waals surface area contributed by atoms with E-state index >= 15 is 0 Å². The Morgan fingerprint density at radius 3 is 2.30 bits per heavy atom. The van der Waals surface area contributed by atoms with Crippen molar-refractivity contribution in [2.75, 3.05) is 18.0 Å². The molecule has 0 amide bonds. The smallest absolute Gasteiger partial charge is 0.123 e. The summed E-state index contributed by atoms with van der Waals surface area (Å²) in [7, 11) is 0. The van der Waals surface area contributed by atoms with Crippen molar-refractivity contribution in [1.29, 1.82) is 0 Å². The van der Waals surface area contributed by atoms with Crippen LogP contribution in [-0.2, 0) is 11.2 Å². The number of nitrogens with zero attached hydrogens (tertiary/aromatic N) is 1. The molecule has 0 aromatic heterocycles. The number of phenolic OH excluding ortho intramolecular Hbond substituents is 1. The van der Waals surface area contributed by atoms with Gasteiger partial charge in [0.05, 0.1) is 0 Å². The van der Waals surface area contributed by atoms with Crippen molar-refractivity contribution in [3.63, 3.8) is 0 Å². The monoisotopic (exact) mass is 437 g/mol. The number of anilines is 1. The van der Waals surface area contributed by atoms with Gasteiger partial charge in [-0.2, -0.15) is 0 Å². The molecule has 1 aliphatic carbocycles. The second kappa shape index (κ2) is 9.27. The maximum absolute atomic E-state index is 11.1. The zero-order valence-electron chi connectivity index (χ0n) is 19.2. The lowest BCUT2D eigenvalue weighted by molar-refractivity contribution is -0.111. The summed E-state index contributed by atoms with van der Waals surface area (Å²) in [6.07, 6.45) is 4.98. The van der Waals surface area contributed by atoms with E-state index in [-0.39, 0.29) is 5.92 Å². The number of piperidine rings is 1. The summed E-state index contributed by atoms with van der Waals surface area (Å²) in [5, 5.41) is 10.2. The molecule has 1 N–H and O–H groups in total. The Kier molecular flexibility index (Phi) is 6.04. The molecule has 3 aromatic rings. The fourth-order valence-electron chi connectivity index (χ4n) is 5.43. The van der Waals surface area contributed by atoms with Crippen molar-refractivity contribution < 1.29 is 9.90 Å². The molecule has 0 unspecified atom stereocenters. The third kappa shape index (κ3) is 4.32. The van der Waals surface area contributed by atoms with Crippen LogP contribution in [0.25, 0.3) is 11.1 Å². The van der Waals surface area contributed by atoms with Gasteiger partial charge in [0.15, 0.2) is 0 Å². The molecular formula is C30H31NO2. The highest BCUT2D eigenvalue weighted by Gasteiger charge is 2.25. The highest BCUT2D eigenvalue weighted by atomic mass is 16.3. The first-order valence-corrected chi connectivity index (χ1v) is 12.1. The van der Waals surface area contributed by atoms with Gasteiger partial charge in [-0.15, -0.1) is 0 Å². The Labute approximate surface area is 196 Å². The Hall–Kier alpha value is -3.33. The van der Waals surface area contributed by atoms with E-state index in [4.69, 9.17) is 0 Å². The average Bonchev–Trinajstić information content (AvgIpc) is 3.01. The van der Waals surface area contributed by atoms with Crippen LogP contribution in [0.3, 0.4) is 0 Å². The van der Waals surface area contributed by atoms with E-state index < -0.39 is 0 Å². The number of carbonyl (C=O) groups is 1. The first-order chi connectivity index (χ1) is 16.1. The van der Waals surface area contributed by atoms with Crippen LogP contribution in [0.2, 0.25) is 0 Å². The first-order valence-electron chi connectivity index (χ1n) is 12.1. The van der Waals surface area contributed by atoms with E-state index in [1.165, 1.54) is 39.1 Å². The van der Waals surface area contributed by atoms with Crippen molar-refractivity contribution in [2.24, 2.45) is 11.8 Å². The van der Waals surface area contributed by atoms with Gasteiger partial charge in [-0.25, -0.2) is 0 Å². The molecule has 1 fully saturated rings. The molecule has 2 aliphatic rings. The molecule has 3 heteroatoms. The molecule has 1 aliphatic heterocycles. The van der Waals surface area contributed by atoms with E-state index in [0.29, 0.717) is 11.7 Å². The summed E-state index contributed by atoms with van der Waals surface area (Å²) in [6.45, 7) is 4.18. The lowest BCUT2D eigenvalue weighted by Gasteiger charge is -2.31. The number of aldehydes is 1. The summed E-state index contributed by atoms with van der Waals surface area (Å²) in [5.74, 6) is 0.941. The largest absolute Gasteiger partial charge is 0.508 e. The molecule has 1 atom stereocenters. The number of phenols is 1. The Bertz CT molecular complexity index is 1160. The second-order valence-corrected chi connectivity index (χ2v) is 9.44. The Morgan fingerprint density at radius 1 is 0.879 bits per heavy atom. The van der Waals surface area contributed by atoms with Gasteiger partial charge in [0.1, 0.15) is 12.0 Å². The molecule has 0 bridgehead atoms. The topological polar surface area (TPSA) is 40.5 Å². The third-order valence-corrected chi connectivity index (χ3v) is 7.30. The molecule has 0 spiro atoms. The molecule has 1 heterocycles. The number of hydrogen-bond acceptors (Lipinski definition) is 3. The maximum atomic E-state index is 11.1. The summed E-state index contributed by atoms with van der Waals surface area (Å²) in [5.41, 5.74) is 8.77. The molecular weight excluding hydrogens is 406 g/mol. The van der Waals surface area contributed by atoms with Crippen LogP contribution in [0.5, 0.6) is 5.75 Å². The van der Waals surface area contributed by atoms with E-state index in [9.17, 15) is 9.90 Å². The summed E-state index contributed by atoms with van der Waals surface area (Å²) in [6, 6.07) is 25.5. The molecule has 0 radical (unpaired) electrons. The van der Waals surface area contributed by atoms with Crippen LogP contribution in [-0.4, -0.2) is 24.5 Å². The zero-order chi connectivity index (χ0) is 22.8. The highest BCUT2D eigenvalue weighted by molar-refractivity contribution is 6.00. The minimum absolute atomic E-state index is 0.208. The summed E-state index contributed by atoms with van der Waals surface area (Å²) >= 11 is 0. The lowest BCUT2D eigenvalue weighted by Crippen LogP contribution is -2.34. The van der Waals surface area contributed by atoms with Gasteiger partial charge in [-0.05, 0) is 89.3 Å². The maximum Gasteiger partial charge on any atom is 0.123 e. The normalized spacial score (nSPS) is 19.2. The van der Waals surface area contributed by atoms with Crippen LogP contribution < -0.4 is 4.90 Å². The van der Waals surface area contributed by atoms with Crippen molar-refractivity contribution in [1.82, 2.24) is 0 Å². The number of rotatable bonds is 4. The molecule has 1 saturated heterocycles. The number of hydrogen-bond donors (Lipinski definition) is 1. The molecule has 33 heavy (non-hydrogen) atoms. The lowest BCUT2D eigenvalue weighted by atomic mass is 9.84. The number of carbonyl (C=O) groups excluding carboxylic acids is 1. The quantitative estimate of drug-likeness (QED) is 0.484. The van der Waals surface area contributed by atoms with Crippen LogP contribution in [0.15, 0.2) is 72.8 Å². The molecule has 3 aromatic carbocycles. The van der Waals surface area contributed by atoms with Crippen molar-refractivity contribution >= 4 is 23.1 Å². The third-order valence-electron chi connectivity index (χ3n) is 7.30. The minimum Gasteiger partial charge on any atom is -0.508 e. The Morgan fingerprint density at radius 2 is 1.61 bits per heavy atom. The minimum atomic E-state index is 0.208. The second-order valence-electron chi connectivity index (χ2n) is 9.44. The predicted octanol–water partition coefficient (Wildman–Crippen LogP) is 6.35. The fraction of sp³-hybridized carbons (Fsp3) is 0.300. The van der Waals surface area contributed by atoms with E-state index in [0.717, 1.165) is 45.1 Å². The van der Waals surface area contributed by atoms with Crippen molar-refractivity contribution in [2.45, 2.75) is 32.6 Å². The van der Waals surface area contributed by atoms with Crippen LogP contribution in [0, 0.1) is 11.8 Å². The molecule has 0 saturated carbocycles. The summed E-state index contributed by atoms with van der Waals surface area (Å²) in [4.78, 5) is 13.5. The first kappa shape index (κ1) is 21.5. The van der Waals surface area contributed by atoms with Crippen LogP contribution >= 0.6 is 0 Å². The number of allylic oxidation sites excluding steroid dienone is 1. The van der Waals surface area contributed by atoms with Crippen molar-refractivity contribution in [3.05, 3.63) is 95.1 Å². The molecule has 3 nitrogen and oxygen atoms in total. The number of aryl methyl sites for hydroxylation is 1. The SMILES string of the molecule is C[C@@H]1CCc2cc(O)ccc2C(c2ccc(N3CCC(C=O)CC3)cc2)=C1c1ccccc1. The fourth-order valence-corrected chi connectivity index (χ4v) is 5.43. The predicted molar refractivity (Wildman–Crippen MR) is 135 cm³/mol. The number of benzene rings is 3. The van der Waals surface area contributed by atoms with E-state index in [1.807, 2.05) is 12.1 Å². The van der Waals surface area contributed by atoms with Crippen molar-refractivity contribution in [3.8, 4) is 5.75 Å². The average molecular weight is 438 g/mol. The van der Waals surface area contributed by atoms with Gasteiger partial charge in [-0.3, -0.25) is 0 Å². The van der Waals surface area contributed by atoms with Crippen LogP contribution in [0.1, 0.15) is 48.4 Å². The summed E-state index contributed by atoms with van der Waals surface area (Å²) < 4.78 is 0. The highest BCUT2D eigenvalue weighted by Crippen LogP contribution is 2.43. The zero-order valence-corrected chi connectivity index (χ0v) is 19.2. The van der Waals surface area contributed by atoms with Gasteiger partial charge < -0.3 is 14.8 Å². The number of fused-ring (bicyclic) bond motifs is 1. The van der Waals surface area contributed by atoms with Crippen LogP contribution in [0.4, 0.5) is 5.69 Å². The van der Waals surface area contributed by atoms with E-state index in [2.05, 4.69) is 72.5 Å². The van der Waals surface area contributed by atoms with Gasteiger partial charge in [0, 0.05) is 24.7 Å². The standard InChI is InChI=1S/C30H31NO2/c1-21-7-8-25-19-27(33)13-14-28(25)30(29(21)23-5-3-2-4-6-23)24-9-11-26(12-10-24)31-17-15-22(20-32)16-18-31/h2-6,9-14,19-22,33H,7-8,15-18H2,1H3/t21-/m1/s1. The Balaban J connectivity index is 1.60. The van der Waals surface area contributed by atoms with Gasteiger partial charge >= 0.3 is 0 Å². The molecule has 5 rings (SSSR count). The van der Waals surface area contributed by atoms with Gasteiger partial charge in [-0.1, -0.05) is 55.5 Å². The van der Waals surface area contributed by atoms with Gasteiger partial charge in [0.2, 0.25) is 0 Å². The van der Waals surface area contributed by atoms with E-state index in [1.54, 1.807) is 0 Å². The van der Waals surface area contributed by atoms with Gasteiger partial charge in [0.25, 0.3) is 0 Å².